The van der Waals surface area contributed by atoms with Crippen LogP contribution >= 0.6 is 0 Å². The topological polar surface area (TPSA) is 116 Å². The summed E-state index contributed by atoms with van der Waals surface area (Å²) in [6.45, 7) is 1.87. The number of aliphatic hydroxyl groups is 1. The number of sulfonamides is 1. The summed E-state index contributed by atoms with van der Waals surface area (Å²) in [5, 5.41) is 15.6. The second-order valence-electron chi connectivity index (χ2n) is 7.58. The molecule has 0 aromatic heterocycles. The molecule has 2 aromatic carbocycles. The fourth-order valence-electron chi connectivity index (χ4n) is 3.57. The largest absolute Gasteiger partial charge is 0.387 e. The van der Waals surface area contributed by atoms with E-state index in [1.807, 2.05) is 18.2 Å². The van der Waals surface area contributed by atoms with Gasteiger partial charge >= 0.3 is 0 Å². The van der Waals surface area contributed by atoms with E-state index in [1.54, 1.807) is 12.1 Å². The SMILES string of the molecule is CC(=O)Nc1ccc(S(=O)(=O)N2CCC[C@@H](C(=O)NC[C@H](O)c3ccccc3)C2)cc1. The van der Waals surface area contributed by atoms with E-state index in [0.717, 1.165) is 0 Å². The molecule has 0 bridgehead atoms. The number of anilines is 1. The molecular weight excluding hydrogens is 418 g/mol. The molecule has 1 aliphatic rings. The molecule has 1 heterocycles. The van der Waals surface area contributed by atoms with Gasteiger partial charge in [0.1, 0.15) is 0 Å². The number of carbonyl (C=O) groups excluding carboxylic acids is 2. The first-order chi connectivity index (χ1) is 14.8. The van der Waals surface area contributed by atoms with Crippen LogP contribution in [0.5, 0.6) is 0 Å². The maximum absolute atomic E-state index is 13.0. The average molecular weight is 446 g/mol. The van der Waals surface area contributed by atoms with E-state index in [1.165, 1.54) is 35.5 Å². The number of nitrogens with one attached hydrogen (secondary N) is 2. The summed E-state index contributed by atoms with van der Waals surface area (Å²) in [6, 6.07) is 15.0. The van der Waals surface area contributed by atoms with Crippen molar-refractivity contribution in [2.75, 3.05) is 25.0 Å². The van der Waals surface area contributed by atoms with Gasteiger partial charge in [-0.05, 0) is 42.7 Å². The summed E-state index contributed by atoms with van der Waals surface area (Å²) >= 11 is 0. The Balaban J connectivity index is 1.61. The van der Waals surface area contributed by atoms with Crippen LogP contribution < -0.4 is 10.6 Å². The van der Waals surface area contributed by atoms with Gasteiger partial charge in [0.15, 0.2) is 0 Å². The summed E-state index contributed by atoms with van der Waals surface area (Å²) < 4.78 is 27.3. The number of carbonyl (C=O) groups is 2. The van der Waals surface area contributed by atoms with Gasteiger partial charge in [0.05, 0.1) is 16.9 Å². The standard InChI is InChI=1S/C22H27N3O5S/c1-16(26)24-19-9-11-20(12-10-19)31(29,30)25-13-5-8-18(15-25)22(28)23-14-21(27)17-6-3-2-4-7-17/h2-4,6-7,9-12,18,21,27H,5,8,13-15H2,1H3,(H,23,28)(H,24,26)/t18-,21+/m1/s1. The van der Waals surface area contributed by atoms with Crippen molar-refractivity contribution >= 4 is 27.5 Å². The van der Waals surface area contributed by atoms with E-state index in [9.17, 15) is 23.1 Å². The second-order valence-corrected chi connectivity index (χ2v) is 9.52. The zero-order valence-electron chi connectivity index (χ0n) is 17.3. The van der Waals surface area contributed by atoms with Gasteiger partial charge in [0, 0.05) is 32.2 Å². The second kappa shape index (κ2) is 10.0. The van der Waals surface area contributed by atoms with Gasteiger partial charge in [-0.1, -0.05) is 30.3 Å². The molecule has 3 rings (SSSR count). The highest BCUT2D eigenvalue weighted by Gasteiger charge is 2.33. The number of hydrogen-bond donors (Lipinski definition) is 3. The van der Waals surface area contributed by atoms with Crippen molar-refractivity contribution in [2.45, 2.75) is 30.8 Å². The molecule has 2 amide bonds. The minimum absolute atomic E-state index is 0.0662. The highest BCUT2D eigenvalue weighted by Crippen LogP contribution is 2.25. The van der Waals surface area contributed by atoms with Gasteiger partial charge in [-0.25, -0.2) is 8.42 Å². The molecular formula is C22H27N3O5S. The third-order valence-electron chi connectivity index (χ3n) is 5.22. The Hall–Kier alpha value is -2.75. The predicted octanol–water partition coefficient (Wildman–Crippen LogP) is 1.90. The highest BCUT2D eigenvalue weighted by molar-refractivity contribution is 7.89. The molecule has 9 heteroatoms. The number of amides is 2. The zero-order valence-corrected chi connectivity index (χ0v) is 18.1. The van der Waals surface area contributed by atoms with Crippen LogP contribution in [0.2, 0.25) is 0 Å². The number of piperidine rings is 1. The highest BCUT2D eigenvalue weighted by atomic mass is 32.2. The minimum atomic E-state index is -3.76. The molecule has 0 spiro atoms. The van der Waals surface area contributed by atoms with Crippen LogP contribution in [0.3, 0.4) is 0 Å². The fourth-order valence-corrected chi connectivity index (χ4v) is 5.10. The van der Waals surface area contributed by atoms with Crippen molar-refractivity contribution in [3.8, 4) is 0 Å². The molecule has 0 radical (unpaired) electrons. The molecule has 1 fully saturated rings. The predicted molar refractivity (Wildman–Crippen MR) is 117 cm³/mol. The van der Waals surface area contributed by atoms with Crippen molar-refractivity contribution in [3.63, 3.8) is 0 Å². The molecule has 166 valence electrons. The molecule has 1 saturated heterocycles. The van der Waals surface area contributed by atoms with Crippen molar-refractivity contribution in [1.29, 1.82) is 0 Å². The maximum Gasteiger partial charge on any atom is 0.243 e. The van der Waals surface area contributed by atoms with Crippen molar-refractivity contribution in [3.05, 3.63) is 60.2 Å². The summed E-state index contributed by atoms with van der Waals surface area (Å²) in [6.07, 6.45) is 0.333. The number of aliphatic hydroxyl groups excluding tert-OH is 1. The maximum atomic E-state index is 13.0. The Morgan fingerprint density at radius 2 is 1.81 bits per heavy atom. The summed E-state index contributed by atoms with van der Waals surface area (Å²) in [4.78, 5) is 23.8. The van der Waals surface area contributed by atoms with Crippen molar-refractivity contribution in [2.24, 2.45) is 5.92 Å². The molecule has 0 saturated carbocycles. The van der Waals surface area contributed by atoms with Gasteiger partial charge < -0.3 is 15.7 Å². The van der Waals surface area contributed by atoms with Gasteiger partial charge in [0.25, 0.3) is 0 Å². The Morgan fingerprint density at radius 3 is 2.45 bits per heavy atom. The molecule has 2 aromatic rings. The average Bonchev–Trinajstić information content (AvgIpc) is 2.78. The number of rotatable bonds is 7. The quantitative estimate of drug-likeness (QED) is 0.602. The lowest BCUT2D eigenvalue weighted by Crippen LogP contribution is -2.46. The first-order valence-corrected chi connectivity index (χ1v) is 11.6. The first kappa shape index (κ1) is 22.9. The van der Waals surface area contributed by atoms with Crippen LogP contribution in [0.15, 0.2) is 59.5 Å². The monoisotopic (exact) mass is 445 g/mol. The lowest BCUT2D eigenvalue weighted by molar-refractivity contribution is -0.126. The van der Waals surface area contributed by atoms with Crippen LogP contribution in [0.4, 0.5) is 5.69 Å². The van der Waals surface area contributed by atoms with E-state index in [2.05, 4.69) is 10.6 Å². The summed E-state index contributed by atoms with van der Waals surface area (Å²) in [5.74, 6) is -0.987. The van der Waals surface area contributed by atoms with E-state index >= 15 is 0 Å². The molecule has 8 nitrogen and oxygen atoms in total. The van der Waals surface area contributed by atoms with Gasteiger partial charge in [-0.3, -0.25) is 9.59 Å². The third kappa shape index (κ3) is 5.90. The van der Waals surface area contributed by atoms with Crippen LogP contribution in [-0.4, -0.2) is 49.3 Å². The first-order valence-electron chi connectivity index (χ1n) is 10.2. The van der Waals surface area contributed by atoms with Gasteiger partial charge in [0.2, 0.25) is 21.8 Å². The van der Waals surface area contributed by atoms with Gasteiger partial charge in [-0.2, -0.15) is 4.31 Å². The number of nitrogens with zero attached hydrogens (tertiary/aromatic N) is 1. The van der Waals surface area contributed by atoms with Crippen LogP contribution in [0.1, 0.15) is 31.4 Å². The normalized spacial score (nSPS) is 18.2. The van der Waals surface area contributed by atoms with E-state index in [-0.39, 0.29) is 29.8 Å². The Labute approximate surface area is 182 Å². The zero-order chi connectivity index (χ0) is 22.4. The van der Waals surface area contributed by atoms with E-state index < -0.39 is 22.0 Å². The van der Waals surface area contributed by atoms with Crippen LogP contribution in [0.25, 0.3) is 0 Å². The molecule has 3 N–H and O–H groups in total. The molecule has 31 heavy (non-hydrogen) atoms. The van der Waals surface area contributed by atoms with E-state index in [4.69, 9.17) is 0 Å². The Morgan fingerprint density at radius 1 is 1.13 bits per heavy atom. The molecule has 0 unspecified atom stereocenters. The third-order valence-corrected chi connectivity index (χ3v) is 7.10. The number of benzene rings is 2. The smallest absolute Gasteiger partial charge is 0.243 e. The minimum Gasteiger partial charge on any atom is -0.387 e. The molecule has 1 aliphatic heterocycles. The Bertz CT molecular complexity index is 1010. The van der Waals surface area contributed by atoms with Crippen LogP contribution in [-0.2, 0) is 19.6 Å². The lowest BCUT2D eigenvalue weighted by Gasteiger charge is -2.31. The van der Waals surface area contributed by atoms with Gasteiger partial charge in [-0.15, -0.1) is 0 Å². The summed E-state index contributed by atoms with van der Waals surface area (Å²) in [5.41, 5.74) is 1.22. The van der Waals surface area contributed by atoms with Crippen molar-refractivity contribution in [1.82, 2.24) is 9.62 Å². The van der Waals surface area contributed by atoms with Crippen molar-refractivity contribution < 1.29 is 23.1 Å². The summed E-state index contributed by atoms with van der Waals surface area (Å²) in [7, 11) is -3.76. The Kier molecular flexibility index (Phi) is 7.42. The lowest BCUT2D eigenvalue weighted by atomic mass is 9.98. The molecule has 0 aliphatic carbocycles. The van der Waals surface area contributed by atoms with Crippen LogP contribution in [0, 0.1) is 5.92 Å². The number of hydrogen-bond acceptors (Lipinski definition) is 5. The van der Waals surface area contributed by atoms with E-state index in [0.29, 0.717) is 30.6 Å². The molecule has 2 atom stereocenters. The fraction of sp³-hybridized carbons (Fsp3) is 0.364.